The van der Waals surface area contributed by atoms with Gasteiger partial charge in [0.05, 0.1) is 13.5 Å². The number of Topliss-reactive ketones (excluding diaryl/α,β-unsaturated/α-hetero) is 1. The van der Waals surface area contributed by atoms with Gasteiger partial charge in [-0.15, -0.1) is 0 Å². The van der Waals surface area contributed by atoms with Gasteiger partial charge in [0.2, 0.25) is 17.7 Å². The molecular formula is C31H46N8O4. The van der Waals surface area contributed by atoms with Crippen LogP contribution in [0.15, 0.2) is 65.7 Å². The summed E-state index contributed by atoms with van der Waals surface area (Å²) in [5.41, 5.74) is 29.2. The lowest BCUT2D eigenvalue weighted by Crippen LogP contribution is -2.51. The topological polar surface area (TPSA) is 235 Å². The molecule has 12 heteroatoms. The molecule has 4 atom stereocenters. The lowest BCUT2D eigenvalue weighted by molar-refractivity contribution is -0.133. The normalized spacial score (nSPS) is 16.7. The van der Waals surface area contributed by atoms with Crippen LogP contribution in [-0.2, 0) is 32.0 Å². The number of nitrogens with zero attached hydrogens (tertiary/aromatic N) is 1. The predicted molar refractivity (Wildman–Crippen MR) is 167 cm³/mol. The Labute approximate surface area is 260 Å². The number of carbonyl (C=O) groups excluding carboxylic acids is 4. The van der Waals surface area contributed by atoms with Gasteiger partial charge in [0.15, 0.2) is 11.7 Å². The fourth-order valence-corrected chi connectivity index (χ4v) is 4.26. The second-order valence-electron chi connectivity index (χ2n) is 9.93. The fraction of sp³-hybridized carbons (Fsp3) is 0.452. The van der Waals surface area contributed by atoms with Crippen LogP contribution in [0.4, 0.5) is 0 Å². The molecule has 0 aliphatic heterocycles. The minimum absolute atomic E-state index is 0.0358. The Morgan fingerprint density at radius 1 is 0.837 bits per heavy atom. The van der Waals surface area contributed by atoms with Crippen molar-refractivity contribution in [2.24, 2.45) is 39.6 Å². The average molecular weight is 600 g/mol. The molecule has 0 fully saturated rings. The summed E-state index contributed by atoms with van der Waals surface area (Å²) in [5, 5.41) is 4.84. The predicted octanol–water partition coefficient (Wildman–Crippen LogP) is 0.0120. The average Bonchev–Trinajstić information content (AvgIpc) is 3.02. The van der Waals surface area contributed by atoms with E-state index >= 15 is 0 Å². The minimum Gasteiger partial charge on any atom is -0.370 e. The molecule has 0 spiro atoms. The molecule has 12 N–H and O–H groups in total. The monoisotopic (exact) mass is 599 g/mol. The van der Waals surface area contributed by atoms with Crippen molar-refractivity contribution in [2.45, 2.75) is 69.4 Å². The summed E-state index contributed by atoms with van der Waals surface area (Å²) in [5.74, 6) is -4.93. The van der Waals surface area contributed by atoms with Crippen LogP contribution in [0, 0.1) is 5.92 Å². The molecule has 12 nitrogen and oxygen atoms in total. The van der Waals surface area contributed by atoms with Gasteiger partial charge in [0.1, 0.15) is 6.02 Å². The van der Waals surface area contributed by atoms with Gasteiger partial charge in [-0.3, -0.25) is 24.2 Å². The molecule has 234 valence electrons. The molecule has 43 heavy (non-hydrogen) atoms. The van der Waals surface area contributed by atoms with Crippen LogP contribution in [-0.4, -0.2) is 60.7 Å². The molecule has 0 saturated carbocycles. The summed E-state index contributed by atoms with van der Waals surface area (Å²) < 4.78 is 40.7. The van der Waals surface area contributed by atoms with E-state index in [2.05, 4.69) is 15.6 Å². The third kappa shape index (κ3) is 13.5. The largest absolute Gasteiger partial charge is 0.370 e. The van der Waals surface area contributed by atoms with Crippen molar-refractivity contribution >= 4 is 29.5 Å². The minimum atomic E-state index is -2.85. The van der Waals surface area contributed by atoms with Crippen LogP contribution >= 0.6 is 0 Å². The molecule has 3 amide bonds. The number of primary amides is 1. The zero-order valence-corrected chi connectivity index (χ0v) is 24.1. The number of rotatable bonds is 20. The molecule has 0 aromatic heterocycles. The Hall–Kier alpha value is -4.29. The Morgan fingerprint density at radius 3 is 2.00 bits per heavy atom. The van der Waals surface area contributed by atoms with Gasteiger partial charge in [-0.25, -0.2) is 0 Å². The molecule has 0 aliphatic rings. The number of nitrogens with two attached hydrogens (primary N) is 5. The van der Waals surface area contributed by atoms with Crippen molar-refractivity contribution < 1.29 is 26.0 Å². The maximum Gasteiger partial charge on any atom is 0.239 e. The lowest BCUT2D eigenvalue weighted by Gasteiger charge is -2.24. The molecule has 2 aromatic carbocycles. The van der Waals surface area contributed by atoms with Crippen molar-refractivity contribution in [2.75, 3.05) is 13.1 Å². The highest BCUT2D eigenvalue weighted by Gasteiger charge is 2.30. The summed E-state index contributed by atoms with van der Waals surface area (Å²) in [6.45, 7) is -0.608. The quantitative estimate of drug-likeness (QED) is 0.0620. The summed E-state index contributed by atoms with van der Waals surface area (Å²) in [7, 11) is 0. The maximum absolute atomic E-state index is 13.8. The van der Waals surface area contributed by atoms with Gasteiger partial charge >= 0.3 is 0 Å². The van der Waals surface area contributed by atoms with Crippen LogP contribution in [0.5, 0.6) is 0 Å². The third-order valence-corrected chi connectivity index (χ3v) is 6.49. The van der Waals surface area contributed by atoms with E-state index in [-0.39, 0.29) is 38.2 Å². The molecule has 2 rings (SSSR count). The van der Waals surface area contributed by atoms with Crippen LogP contribution < -0.4 is 39.3 Å². The number of amides is 3. The van der Waals surface area contributed by atoms with Crippen LogP contribution in [0.3, 0.4) is 0 Å². The highest BCUT2D eigenvalue weighted by atomic mass is 16.2. The van der Waals surface area contributed by atoms with E-state index in [4.69, 9.17) is 35.5 Å². The molecule has 0 radical (unpaired) electrons. The highest BCUT2D eigenvalue weighted by molar-refractivity contribution is 5.94. The Morgan fingerprint density at radius 2 is 1.44 bits per heavy atom. The molecule has 0 aliphatic carbocycles. The number of benzene rings is 2. The van der Waals surface area contributed by atoms with E-state index in [1.165, 1.54) is 0 Å². The van der Waals surface area contributed by atoms with Crippen LogP contribution in [0.1, 0.15) is 56.4 Å². The molecule has 0 bridgehead atoms. The van der Waals surface area contributed by atoms with Crippen molar-refractivity contribution in [1.82, 2.24) is 10.6 Å². The van der Waals surface area contributed by atoms with E-state index in [0.717, 1.165) is 5.56 Å². The Kier molecular flexibility index (Phi) is 12.2. The standard InChI is InChI=1S/C31H46N8O4/c32-16-8-7-14-26(28(34)41)39-29(42)23(18-21-10-3-1-4-11-21)20-27(40)25(15-9-17-37-31(35)36)38-30(43)24(33)19-22-12-5-2-6-13-22/h1-6,10-13,23-26H,7-9,14-20,32-33H2,(H2,34,41)(H,38,43)(H,39,42)(H4,35,36,37)/t23-,24+,25-,26+/m1/s1/i7D2,8D2,26D. The van der Waals surface area contributed by atoms with Gasteiger partial charge in [-0.2, -0.15) is 0 Å². The first-order chi connectivity index (χ1) is 22.4. The lowest BCUT2D eigenvalue weighted by atomic mass is 9.89. The van der Waals surface area contributed by atoms with Crippen molar-refractivity contribution in [3.05, 3.63) is 71.8 Å². The van der Waals surface area contributed by atoms with E-state index in [9.17, 15) is 19.2 Å². The maximum atomic E-state index is 13.8. The first-order valence-corrected chi connectivity index (χ1v) is 13.9. The Balaban J connectivity index is 2.36. The van der Waals surface area contributed by atoms with Crippen LogP contribution in [0.2, 0.25) is 0 Å². The molecule has 0 saturated heterocycles. The summed E-state index contributed by atoms with van der Waals surface area (Å²) in [6, 6.07) is 12.8. The first kappa shape index (κ1) is 27.5. The number of hydrogen-bond acceptors (Lipinski definition) is 7. The van der Waals surface area contributed by atoms with Crippen molar-refractivity contribution in [3.8, 4) is 0 Å². The first-order valence-electron chi connectivity index (χ1n) is 16.4. The van der Waals surface area contributed by atoms with E-state index < -0.39 is 79.7 Å². The van der Waals surface area contributed by atoms with E-state index in [0.29, 0.717) is 5.56 Å². The number of aliphatic imine (C=N–C) groups is 1. The molecule has 2 aromatic rings. The molecule has 0 unspecified atom stereocenters. The zero-order chi connectivity index (χ0) is 36.1. The van der Waals surface area contributed by atoms with E-state index in [1.807, 2.05) is 18.2 Å². The fourth-order valence-electron chi connectivity index (χ4n) is 4.26. The van der Waals surface area contributed by atoms with Crippen LogP contribution in [0.25, 0.3) is 0 Å². The number of nitrogens with one attached hydrogen (secondary N) is 2. The number of carbonyl (C=O) groups is 4. The summed E-state index contributed by atoms with van der Waals surface area (Å²) >= 11 is 0. The summed E-state index contributed by atoms with van der Waals surface area (Å²) in [6.07, 6.45) is -6.58. The smallest absolute Gasteiger partial charge is 0.239 e. The zero-order valence-electron chi connectivity index (χ0n) is 29.1. The second-order valence-corrected chi connectivity index (χ2v) is 9.93. The second kappa shape index (κ2) is 19.0. The Bertz CT molecular complexity index is 1410. The molecular weight excluding hydrogens is 548 g/mol. The third-order valence-electron chi connectivity index (χ3n) is 6.49. The van der Waals surface area contributed by atoms with Gasteiger partial charge in [-0.05, 0) is 62.5 Å². The number of ketones is 1. The highest BCUT2D eigenvalue weighted by Crippen LogP contribution is 2.17. The van der Waals surface area contributed by atoms with E-state index in [1.54, 1.807) is 42.5 Å². The van der Waals surface area contributed by atoms with Gasteiger partial charge < -0.3 is 39.3 Å². The van der Waals surface area contributed by atoms with Gasteiger partial charge in [0, 0.05) is 24.4 Å². The van der Waals surface area contributed by atoms with Gasteiger partial charge in [-0.1, -0.05) is 60.7 Å². The molecule has 0 heterocycles. The SMILES string of the molecule is [2H]C([2H])(CN)C([2H])([2H])C[C@]([2H])(NC(=O)[C@@H](CC(=O)[C@@H](CCCN=C(N)N)NC(=O)[C@@H](N)Cc1ccccc1)Cc1ccccc1)C(N)=O. The van der Waals surface area contributed by atoms with Crippen molar-refractivity contribution in [1.29, 1.82) is 0 Å². The van der Waals surface area contributed by atoms with Crippen molar-refractivity contribution in [3.63, 3.8) is 0 Å². The van der Waals surface area contributed by atoms with Gasteiger partial charge in [0.25, 0.3) is 0 Å². The summed E-state index contributed by atoms with van der Waals surface area (Å²) in [4.78, 5) is 57.0. The number of guanidine groups is 1. The number of hydrogen-bond donors (Lipinski definition) is 7.